The molecule has 0 radical (unpaired) electrons. The Morgan fingerprint density at radius 2 is 1.92 bits per heavy atom. The molecule has 2 saturated heterocycles. The molecule has 8 heteroatoms. The maximum absolute atomic E-state index is 13.3. The van der Waals surface area contributed by atoms with Crippen LogP contribution in [-0.2, 0) is 19.6 Å². The lowest BCUT2D eigenvalue weighted by Gasteiger charge is -2.43. The average molecular weight is 377 g/mol. The number of sulfonamides is 1. The molecule has 1 atom stereocenters. The first kappa shape index (κ1) is 18.8. The van der Waals surface area contributed by atoms with Crippen LogP contribution in [0.5, 0.6) is 0 Å². The summed E-state index contributed by atoms with van der Waals surface area (Å²) in [7, 11) is -2.36. The molecule has 2 fully saturated rings. The van der Waals surface area contributed by atoms with Gasteiger partial charge in [-0.3, -0.25) is 4.79 Å². The van der Waals surface area contributed by atoms with Gasteiger partial charge in [0.2, 0.25) is 15.9 Å². The van der Waals surface area contributed by atoms with E-state index in [1.54, 1.807) is 24.1 Å². The molecule has 0 aromatic heterocycles. The summed E-state index contributed by atoms with van der Waals surface area (Å²) >= 11 is 0. The van der Waals surface area contributed by atoms with Gasteiger partial charge in [-0.15, -0.1) is 0 Å². The highest BCUT2D eigenvalue weighted by Crippen LogP contribution is 2.42. The van der Waals surface area contributed by atoms with Crippen LogP contribution in [0.25, 0.3) is 0 Å². The van der Waals surface area contributed by atoms with E-state index in [0.717, 1.165) is 6.42 Å². The molecule has 2 aliphatic heterocycles. The summed E-state index contributed by atoms with van der Waals surface area (Å²) < 4.78 is 33.1. The number of ether oxygens (including phenoxy) is 1. The molecule has 0 aliphatic carbocycles. The van der Waals surface area contributed by atoms with Crippen molar-refractivity contribution in [2.45, 2.75) is 36.1 Å². The number of benzene rings is 1. The number of piperidine rings is 1. The quantitative estimate of drug-likeness (QED) is 0.772. The molecule has 1 aromatic carbocycles. The minimum absolute atomic E-state index is 0.0226. The Balaban J connectivity index is 1.99. The maximum atomic E-state index is 13.3. The second kappa shape index (κ2) is 7.35. The zero-order chi connectivity index (χ0) is 18.8. The topological polar surface area (TPSA) is 90.7 Å². The van der Waals surface area contributed by atoms with Crippen LogP contribution in [-0.4, -0.2) is 62.4 Å². The fraction of sp³-hybridized carbons (Fsp3) is 0.556. The Morgan fingerprint density at radius 3 is 2.62 bits per heavy atom. The van der Waals surface area contributed by atoms with Crippen molar-refractivity contribution in [2.75, 3.05) is 33.4 Å². The number of methoxy groups -OCH3 is 1. The van der Waals surface area contributed by atoms with Crippen LogP contribution < -0.4 is 0 Å². The lowest BCUT2D eigenvalue weighted by molar-refractivity contribution is -0.145. The molecule has 0 saturated carbocycles. The van der Waals surface area contributed by atoms with Crippen LogP contribution >= 0.6 is 0 Å². The maximum Gasteiger partial charge on any atom is 0.245 e. The molecule has 1 unspecified atom stereocenters. The molecular formula is C18H23N3O4S. The highest BCUT2D eigenvalue weighted by atomic mass is 32.2. The molecule has 1 aromatic rings. The van der Waals surface area contributed by atoms with Crippen molar-refractivity contribution in [1.82, 2.24) is 9.21 Å². The number of amides is 1. The largest absolute Gasteiger partial charge is 0.383 e. The predicted molar refractivity (Wildman–Crippen MR) is 94.7 cm³/mol. The Hall–Kier alpha value is -1.95. The monoisotopic (exact) mass is 377 g/mol. The Morgan fingerprint density at radius 1 is 1.23 bits per heavy atom. The number of carbonyl (C=O) groups excluding carboxylic acids is 1. The van der Waals surface area contributed by atoms with E-state index < -0.39 is 15.6 Å². The van der Waals surface area contributed by atoms with Gasteiger partial charge in [0.25, 0.3) is 0 Å². The van der Waals surface area contributed by atoms with Crippen molar-refractivity contribution in [2.24, 2.45) is 0 Å². The Labute approximate surface area is 154 Å². The highest BCUT2D eigenvalue weighted by molar-refractivity contribution is 7.89. The van der Waals surface area contributed by atoms with Gasteiger partial charge in [-0.25, -0.2) is 8.42 Å². The van der Waals surface area contributed by atoms with Crippen molar-refractivity contribution < 1.29 is 17.9 Å². The minimum atomic E-state index is -3.93. The molecule has 2 aliphatic rings. The van der Waals surface area contributed by atoms with Gasteiger partial charge in [0.05, 0.1) is 17.1 Å². The number of rotatable bonds is 5. The second-order valence-electron chi connectivity index (χ2n) is 6.71. The van der Waals surface area contributed by atoms with Crippen molar-refractivity contribution in [3.63, 3.8) is 0 Å². The summed E-state index contributed by atoms with van der Waals surface area (Å²) in [5.41, 5.74) is -0.929. The number of nitriles is 1. The summed E-state index contributed by atoms with van der Waals surface area (Å²) in [5.74, 6) is -0.142. The van der Waals surface area contributed by atoms with Gasteiger partial charge >= 0.3 is 0 Å². The van der Waals surface area contributed by atoms with E-state index in [2.05, 4.69) is 0 Å². The second-order valence-corrected chi connectivity index (χ2v) is 8.54. The smallest absolute Gasteiger partial charge is 0.245 e. The summed E-state index contributed by atoms with van der Waals surface area (Å²) in [6, 6.07) is 8.11. The normalized spacial score (nSPS) is 24.2. The zero-order valence-corrected chi connectivity index (χ0v) is 15.7. The fourth-order valence-electron chi connectivity index (χ4n) is 4.05. The van der Waals surface area contributed by atoms with Crippen LogP contribution in [0.1, 0.15) is 31.2 Å². The molecular weight excluding hydrogens is 354 g/mol. The first-order chi connectivity index (χ1) is 12.5. The van der Waals surface area contributed by atoms with Crippen LogP contribution in [0.3, 0.4) is 0 Å². The van der Waals surface area contributed by atoms with Gasteiger partial charge in [-0.2, -0.15) is 9.57 Å². The van der Waals surface area contributed by atoms with E-state index in [4.69, 9.17) is 4.74 Å². The Bertz CT molecular complexity index is 833. The molecule has 26 heavy (non-hydrogen) atoms. The van der Waals surface area contributed by atoms with Gasteiger partial charge in [0.15, 0.2) is 0 Å². The molecule has 0 N–H and O–H groups in total. The van der Waals surface area contributed by atoms with Crippen LogP contribution in [0, 0.1) is 11.3 Å². The molecule has 2 heterocycles. The molecule has 3 rings (SSSR count). The third-order valence-corrected chi connectivity index (χ3v) is 7.30. The minimum Gasteiger partial charge on any atom is -0.383 e. The summed E-state index contributed by atoms with van der Waals surface area (Å²) in [6.07, 6.45) is 2.42. The van der Waals surface area contributed by atoms with Crippen molar-refractivity contribution >= 4 is 15.9 Å². The van der Waals surface area contributed by atoms with Crippen molar-refractivity contribution in [3.8, 4) is 6.07 Å². The molecule has 140 valence electrons. The van der Waals surface area contributed by atoms with E-state index in [1.165, 1.54) is 16.4 Å². The van der Waals surface area contributed by atoms with Crippen LogP contribution in [0.4, 0.5) is 0 Å². The lowest BCUT2D eigenvalue weighted by Crippen LogP contribution is -2.61. The van der Waals surface area contributed by atoms with Gasteiger partial charge in [-0.1, -0.05) is 12.1 Å². The van der Waals surface area contributed by atoms with Crippen molar-refractivity contribution in [1.29, 1.82) is 5.26 Å². The van der Waals surface area contributed by atoms with Crippen LogP contribution in [0.2, 0.25) is 0 Å². The number of nitrogens with zero attached hydrogens (tertiary/aromatic N) is 3. The lowest BCUT2D eigenvalue weighted by atomic mass is 9.86. The third kappa shape index (κ3) is 3.00. The SMILES string of the molecule is COCCN1CCCC2(CCCN2S(=O)(=O)c2ccccc2C#N)C1=O. The van der Waals surface area contributed by atoms with E-state index >= 15 is 0 Å². The first-order valence-electron chi connectivity index (χ1n) is 8.78. The van der Waals surface area contributed by atoms with Gasteiger partial charge < -0.3 is 9.64 Å². The van der Waals surface area contributed by atoms with E-state index in [0.29, 0.717) is 45.5 Å². The van der Waals surface area contributed by atoms with E-state index in [1.807, 2.05) is 6.07 Å². The fourth-order valence-corrected chi connectivity index (χ4v) is 6.02. The van der Waals surface area contributed by atoms with E-state index in [9.17, 15) is 18.5 Å². The first-order valence-corrected chi connectivity index (χ1v) is 10.2. The highest BCUT2D eigenvalue weighted by Gasteiger charge is 2.55. The third-order valence-electron chi connectivity index (χ3n) is 5.27. The average Bonchev–Trinajstić information content (AvgIpc) is 3.08. The molecule has 0 bridgehead atoms. The van der Waals surface area contributed by atoms with Gasteiger partial charge in [-0.05, 0) is 37.8 Å². The van der Waals surface area contributed by atoms with E-state index in [-0.39, 0.29) is 16.4 Å². The predicted octanol–water partition coefficient (Wildman–Crippen LogP) is 1.35. The number of carbonyl (C=O) groups is 1. The standard InChI is InChI=1S/C18H23N3O4S/c1-25-13-12-20-10-4-8-18(17(20)22)9-5-11-21(18)26(23,24)16-7-3-2-6-15(16)14-19/h2-3,6-7H,4-5,8-13H2,1H3. The van der Waals surface area contributed by atoms with Gasteiger partial charge in [0.1, 0.15) is 11.6 Å². The Kier molecular flexibility index (Phi) is 5.32. The molecule has 1 spiro atoms. The number of hydrogen-bond acceptors (Lipinski definition) is 5. The number of likely N-dealkylation sites (tertiary alicyclic amines) is 1. The summed E-state index contributed by atoms with van der Waals surface area (Å²) in [4.78, 5) is 14.9. The van der Waals surface area contributed by atoms with Gasteiger partial charge in [0, 0.05) is 26.7 Å². The molecule has 7 nitrogen and oxygen atoms in total. The summed E-state index contributed by atoms with van der Waals surface area (Å²) in [5, 5.41) is 9.30. The zero-order valence-electron chi connectivity index (χ0n) is 14.8. The van der Waals surface area contributed by atoms with Crippen LogP contribution in [0.15, 0.2) is 29.2 Å². The summed E-state index contributed by atoms with van der Waals surface area (Å²) in [6.45, 7) is 1.80. The van der Waals surface area contributed by atoms with Crippen molar-refractivity contribution in [3.05, 3.63) is 29.8 Å². The number of hydrogen-bond donors (Lipinski definition) is 0. The molecule has 1 amide bonds.